The molecule has 0 saturated carbocycles. The Bertz CT molecular complexity index is 1180. The molecule has 1 aliphatic rings. The van der Waals surface area contributed by atoms with E-state index in [1.165, 1.54) is 0 Å². The maximum atomic E-state index is 13.7. The van der Waals surface area contributed by atoms with Gasteiger partial charge in [0.15, 0.2) is 0 Å². The summed E-state index contributed by atoms with van der Waals surface area (Å²) in [6.07, 6.45) is 2.67. The summed E-state index contributed by atoms with van der Waals surface area (Å²) < 4.78 is 12.3. The third-order valence-electron chi connectivity index (χ3n) is 6.21. The number of carbonyl (C=O) groups excluding carboxylic acids is 2. The summed E-state index contributed by atoms with van der Waals surface area (Å²) in [7, 11) is 0. The van der Waals surface area contributed by atoms with Gasteiger partial charge in [-0.15, -0.1) is 11.3 Å². The highest BCUT2D eigenvalue weighted by Gasteiger charge is 2.45. The standard InChI is InChI=1S/C28H33NO5S/c1-27(2,3)34-26(32)18-28(16-19-7-4-5-8-20(19)17-28)24(31)11-12-25-29-22-10-9-21(15-23(22)35-25)33-14-6-13-30/h4-5,7-10,15,30H,6,11-14,16-18H2,1-3H3. The molecular weight excluding hydrogens is 462 g/mol. The number of aryl methyl sites for hydroxylation is 1. The maximum Gasteiger partial charge on any atom is 0.307 e. The predicted octanol–water partition coefficient (Wildman–Crippen LogP) is 5.08. The first-order valence-corrected chi connectivity index (χ1v) is 12.9. The second kappa shape index (κ2) is 10.5. The number of benzene rings is 2. The summed E-state index contributed by atoms with van der Waals surface area (Å²) in [6.45, 7) is 6.10. The van der Waals surface area contributed by atoms with Crippen LogP contribution in [0, 0.1) is 5.41 Å². The van der Waals surface area contributed by atoms with Crippen LogP contribution in [0.1, 0.15) is 56.2 Å². The van der Waals surface area contributed by atoms with E-state index in [1.807, 2.05) is 63.2 Å². The Morgan fingerprint density at radius 3 is 2.49 bits per heavy atom. The molecule has 3 aromatic rings. The van der Waals surface area contributed by atoms with Crippen LogP contribution in [0.3, 0.4) is 0 Å². The molecule has 186 valence electrons. The molecule has 1 heterocycles. The largest absolute Gasteiger partial charge is 0.493 e. The van der Waals surface area contributed by atoms with Crippen LogP contribution < -0.4 is 4.74 Å². The molecule has 0 fully saturated rings. The zero-order valence-electron chi connectivity index (χ0n) is 20.6. The Hall–Kier alpha value is -2.77. The fraction of sp³-hybridized carbons (Fsp3) is 0.464. The number of hydrogen-bond acceptors (Lipinski definition) is 7. The predicted molar refractivity (Wildman–Crippen MR) is 137 cm³/mol. The van der Waals surface area contributed by atoms with Gasteiger partial charge in [-0.25, -0.2) is 4.98 Å². The van der Waals surface area contributed by atoms with Crippen LogP contribution in [0.2, 0.25) is 0 Å². The quantitative estimate of drug-likeness (QED) is 0.312. The van der Waals surface area contributed by atoms with E-state index in [1.54, 1.807) is 11.3 Å². The first-order valence-electron chi connectivity index (χ1n) is 12.1. The molecule has 6 nitrogen and oxygen atoms in total. The minimum atomic E-state index is -0.767. The highest BCUT2D eigenvalue weighted by Crippen LogP contribution is 2.42. The molecule has 7 heteroatoms. The lowest BCUT2D eigenvalue weighted by atomic mass is 9.76. The summed E-state index contributed by atoms with van der Waals surface area (Å²) >= 11 is 1.56. The Labute approximate surface area is 210 Å². The number of nitrogens with zero attached hydrogens (tertiary/aromatic N) is 1. The van der Waals surface area contributed by atoms with Crippen molar-refractivity contribution >= 4 is 33.3 Å². The molecule has 0 saturated heterocycles. The minimum absolute atomic E-state index is 0.0895. The van der Waals surface area contributed by atoms with Crippen molar-refractivity contribution in [2.45, 2.75) is 64.9 Å². The second-order valence-electron chi connectivity index (χ2n) is 10.3. The van der Waals surface area contributed by atoms with E-state index in [0.29, 0.717) is 38.7 Å². The van der Waals surface area contributed by atoms with Crippen LogP contribution in [0.4, 0.5) is 0 Å². The molecule has 0 unspecified atom stereocenters. The Morgan fingerprint density at radius 2 is 1.83 bits per heavy atom. The number of fused-ring (bicyclic) bond motifs is 2. The SMILES string of the molecule is CC(C)(C)OC(=O)CC1(C(=O)CCc2nc3ccc(OCCCO)cc3s2)Cc2ccccc2C1. The summed E-state index contributed by atoms with van der Waals surface area (Å²) in [6, 6.07) is 13.8. The maximum absolute atomic E-state index is 13.7. The Balaban J connectivity index is 1.47. The molecule has 0 amide bonds. The van der Waals surface area contributed by atoms with Crippen molar-refractivity contribution in [3.05, 3.63) is 58.6 Å². The van der Waals surface area contributed by atoms with Crippen LogP contribution in [0.25, 0.3) is 10.2 Å². The normalized spacial score (nSPS) is 14.6. The average molecular weight is 496 g/mol. The van der Waals surface area contributed by atoms with Gasteiger partial charge in [0.2, 0.25) is 0 Å². The summed E-state index contributed by atoms with van der Waals surface area (Å²) in [4.78, 5) is 31.1. The Kier molecular flexibility index (Phi) is 7.57. The first kappa shape index (κ1) is 25.3. The van der Waals surface area contributed by atoms with Gasteiger partial charge in [-0.1, -0.05) is 24.3 Å². The van der Waals surface area contributed by atoms with Gasteiger partial charge in [-0.05, 0) is 62.9 Å². The lowest BCUT2D eigenvalue weighted by Gasteiger charge is -2.28. The molecule has 0 bridgehead atoms. The molecule has 0 spiro atoms. The van der Waals surface area contributed by atoms with Crippen LogP contribution >= 0.6 is 11.3 Å². The number of ketones is 1. The smallest absolute Gasteiger partial charge is 0.307 e. The number of hydrogen-bond donors (Lipinski definition) is 1. The molecule has 0 atom stereocenters. The van der Waals surface area contributed by atoms with Crippen molar-refractivity contribution in [2.75, 3.05) is 13.2 Å². The first-order chi connectivity index (χ1) is 16.7. The van der Waals surface area contributed by atoms with E-state index >= 15 is 0 Å². The lowest BCUT2D eigenvalue weighted by molar-refractivity contribution is -0.159. The highest BCUT2D eigenvalue weighted by molar-refractivity contribution is 7.18. The topological polar surface area (TPSA) is 85.7 Å². The zero-order chi connectivity index (χ0) is 25.1. The number of aromatic nitrogens is 1. The molecule has 0 radical (unpaired) electrons. The van der Waals surface area contributed by atoms with Crippen LogP contribution in [-0.2, 0) is 33.6 Å². The van der Waals surface area contributed by atoms with Gasteiger partial charge in [0.1, 0.15) is 17.1 Å². The van der Waals surface area contributed by atoms with Gasteiger partial charge < -0.3 is 14.6 Å². The number of aliphatic hydroxyl groups is 1. The van der Waals surface area contributed by atoms with Crippen LogP contribution in [-0.4, -0.2) is 40.7 Å². The van der Waals surface area contributed by atoms with Crippen molar-refractivity contribution in [3.63, 3.8) is 0 Å². The zero-order valence-corrected chi connectivity index (χ0v) is 21.5. The number of ether oxygens (including phenoxy) is 2. The molecule has 35 heavy (non-hydrogen) atoms. The molecule has 1 N–H and O–H groups in total. The summed E-state index contributed by atoms with van der Waals surface area (Å²) in [5.74, 6) is 0.511. The number of Topliss-reactive ketones (excluding diaryl/α,β-unsaturated/α-hetero) is 1. The number of thiazole rings is 1. The number of esters is 1. The van der Waals surface area contributed by atoms with E-state index in [9.17, 15) is 9.59 Å². The lowest BCUT2D eigenvalue weighted by Crippen LogP contribution is -2.37. The average Bonchev–Trinajstić information content (AvgIpc) is 3.37. The molecule has 0 aliphatic heterocycles. The molecular formula is C28H33NO5S. The Morgan fingerprint density at radius 1 is 1.11 bits per heavy atom. The number of rotatable bonds is 10. The van der Waals surface area contributed by atoms with Gasteiger partial charge in [-0.2, -0.15) is 0 Å². The van der Waals surface area contributed by atoms with Gasteiger partial charge >= 0.3 is 5.97 Å². The monoisotopic (exact) mass is 495 g/mol. The molecule has 1 aliphatic carbocycles. The van der Waals surface area contributed by atoms with Crippen LogP contribution in [0.15, 0.2) is 42.5 Å². The third kappa shape index (κ3) is 6.27. The van der Waals surface area contributed by atoms with Gasteiger partial charge in [0, 0.05) is 31.3 Å². The molecule has 1 aromatic heterocycles. The van der Waals surface area contributed by atoms with Crippen molar-refractivity contribution in [1.82, 2.24) is 4.98 Å². The van der Waals surface area contributed by atoms with Gasteiger partial charge in [0.25, 0.3) is 0 Å². The third-order valence-corrected chi connectivity index (χ3v) is 7.29. The minimum Gasteiger partial charge on any atom is -0.493 e. The van der Waals surface area contributed by atoms with Crippen molar-refractivity contribution in [2.24, 2.45) is 5.41 Å². The molecule has 2 aromatic carbocycles. The van der Waals surface area contributed by atoms with Crippen molar-refractivity contribution < 1.29 is 24.2 Å². The van der Waals surface area contributed by atoms with E-state index in [-0.39, 0.29) is 24.8 Å². The van der Waals surface area contributed by atoms with Crippen molar-refractivity contribution in [1.29, 1.82) is 0 Å². The van der Waals surface area contributed by atoms with E-state index in [0.717, 1.165) is 32.1 Å². The van der Waals surface area contributed by atoms with Gasteiger partial charge in [-0.3, -0.25) is 9.59 Å². The van der Waals surface area contributed by atoms with E-state index < -0.39 is 11.0 Å². The number of carbonyl (C=O) groups is 2. The molecule has 4 rings (SSSR count). The second-order valence-corrected chi connectivity index (χ2v) is 11.4. The van der Waals surface area contributed by atoms with Crippen molar-refractivity contribution in [3.8, 4) is 5.75 Å². The van der Waals surface area contributed by atoms with E-state index in [4.69, 9.17) is 19.6 Å². The van der Waals surface area contributed by atoms with Gasteiger partial charge in [0.05, 0.1) is 28.3 Å². The summed E-state index contributed by atoms with van der Waals surface area (Å²) in [5.41, 5.74) is 1.80. The van der Waals surface area contributed by atoms with E-state index in [2.05, 4.69) is 0 Å². The fourth-order valence-corrected chi connectivity index (χ4v) is 5.65. The summed E-state index contributed by atoms with van der Waals surface area (Å²) in [5, 5.41) is 9.82. The highest BCUT2D eigenvalue weighted by atomic mass is 32.1. The fourth-order valence-electron chi connectivity index (χ4n) is 4.66. The van der Waals surface area contributed by atoms with Crippen LogP contribution in [0.5, 0.6) is 5.75 Å². The number of aliphatic hydroxyl groups excluding tert-OH is 1.